The van der Waals surface area contributed by atoms with Gasteiger partial charge in [0.25, 0.3) is 5.91 Å². The van der Waals surface area contributed by atoms with Crippen LogP contribution in [0.2, 0.25) is 0 Å². The zero-order valence-electron chi connectivity index (χ0n) is 14.5. The fourth-order valence-corrected chi connectivity index (χ4v) is 4.08. The molecule has 5 nitrogen and oxygen atoms in total. The molecule has 2 fully saturated rings. The van der Waals surface area contributed by atoms with Gasteiger partial charge in [0.1, 0.15) is 0 Å². The molecule has 0 aromatic heterocycles. The predicted octanol–water partition coefficient (Wildman–Crippen LogP) is 2.75. The van der Waals surface area contributed by atoms with Crippen molar-refractivity contribution in [2.45, 2.75) is 37.1 Å². The Morgan fingerprint density at radius 3 is 2.33 bits per heavy atom. The van der Waals surface area contributed by atoms with Crippen molar-refractivity contribution in [2.24, 2.45) is 0 Å². The largest absolute Gasteiger partial charge is 0.347 e. The Morgan fingerprint density at radius 1 is 1.12 bits per heavy atom. The molecule has 1 aromatic rings. The third kappa shape index (κ3) is 3.52. The van der Waals surface area contributed by atoms with E-state index in [0.29, 0.717) is 31.2 Å². The molecule has 1 heterocycles. The molecule has 3 rings (SSSR count). The Labute approximate surface area is 152 Å². The van der Waals surface area contributed by atoms with E-state index in [2.05, 4.69) is 34.9 Å². The van der Waals surface area contributed by atoms with Crippen LogP contribution in [0.25, 0.3) is 0 Å². The lowest BCUT2D eigenvalue weighted by Gasteiger charge is -2.46. The van der Waals surface area contributed by atoms with Crippen LogP contribution in [-0.2, 0) is 9.47 Å². The van der Waals surface area contributed by atoms with Gasteiger partial charge in [-0.2, -0.15) is 0 Å². The molecule has 1 amide bonds. The van der Waals surface area contributed by atoms with E-state index < -0.39 is 5.79 Å². The molecule has 1 saturated heterocycles. The van der Waals surface area contributed by atoms with E-state index >= 15 is 0 Å². The topological polar surface area (TPSA) is 42.0 Å². The van der Waals surface area contributed by atoms with E-state index in [1.54, 1.807) is 0 Å². The van der Waals surface area contributed by atoms with Crippen molar-refractivity contribution in [1.29, 1.82) is 0 Å². The maximum Gasteiger partial charge on any atom is 0.253 e. The molecule has 0 radical (unpaired) electrons. The van der Waals surface area contributed by atoms with Crippen molar-refractivity contribution < 1.29 is 14.3 Å². The monoisotopic (exact) mass is 396 g/mol. The summed E-state index contributed by atoms with van der Waals surface area (Å²) in [7, 11) is 6.04. The lowest BCUT2D eigenvalue weighted by molar-refractivity contribution is -0.194. The molecular formula is C18H25BrN2O3. The summed E-state index contributed by atoms with van der Waals surface area (Å²) in [6, 6.07) is 7.87. The standard InChI is InChI=1S/C18H25BrN2O3/c1-20(2)15-8-9-18(23-10-11-24-18)12-16(15)21(3)17(22)13-4-6-14(19)7-5-13/h4-7,15-16H,8-12H2,1-3H3. The highest BCUT2D eigenvalue weighted by Crippen LogP contribution is 2.39. The molecule has 132 valence electrons. The van der Waals surface area contributed by atoms with Crippen LogP contribution >= 0.6 is 15.9 Å². The highest BCUT2D eigenvalue weighted by Gasteiger charge is 2.47. The van der Waals surface area contributed by atoms with Gasteiger partial charge in [-0.15, -0.1) is 0 Å². The average Bonchev–Trinajstić information content (AvgIpc) is 3.01. The second-order valence-corrected chi connectivity index (χ2v) is 7.79. The van der Waals surface area contributed by atoms with Gasteiger partial charge >= 0.3 is 0 Å². The van der Waals surface area contributed by atoms with Gasteiger partial charge in [0.2, 0.25) is 0 Å². The zero-order valence-corrected chi connectivity index (χ0v) is 16.1. The number of hydrogen-bond acceptors (Lipinski definition) is 4. The van der Waals surface area contributed by atoms with Crippen LogP contribution in [0, 0.1) is 0 Å². The van der Waals surface area contributed by atoms with E-state index in [-0.39, 0.29) is 11.9 Å². The molecule has 1 aromatic carbocycles. The maximum atomic E-state index is 12.9. The van der Waals surface area contributed by atoms with Gasteiger partial charge in [0.15, 0.2) is 5.79 Å². The van der Waals surface area contributed by atoms with E-state index in [1.165, 1.54) is 0 Å². The first-order valence-electron chi connectivity index (χ1n) is 8.39. The molecule has 0 bridgehead atoms. The van der Waals surface area contributed by atoms with Gasteiger partial charge in [0.05, 0.1) is 19.3 Å². The first-order valence-corrected chi connectivity index (χ1v) is 9.18. The summed E-state index contributed by atoms with van der Waals surface area (Å²) in [5, 5.41) is 0. The number of halogens is 1. The van der Waals surface area contributed by atoms with E-state index in [0.717, 1.165) is 17.3 Å². The second-order valence-electron chi connectivity index (χ2n) is 6.87. The SMILES string of the molecule is CN(C)C1CCC2(CC1N(C)C(=O)c1ccc(Br)cc1)OCCO2. The van der Waals surface area contributed by atoms with Gasteiger partial charge < -0.3 is 19.3 Å². The number of rotatable bonds is 3. The van der Waals surface area contributed by atoms with Crippen molar-refractivity contribution in [3.05, 3.63) is 34.3 Å². The number of carbonyl (C=O) groups excluding carboxylic acids is 1. The van der Waals surface area contributed by atoms with Gasteiger partial charge in [-0.3, -0.25) is 4.79 Å². The summed E-state index contributed by atoms with van der Waals surface area (Å²) in [6.07, 6.45) is 2.55. The molecule has 6 heteroatoms. The molecule has 2 aliphatic rings. The minimum atomic E-state index is -0.508. The Bertz CT molecular complexity index is 584. The van der Waals surface area contributed by atoms with E-state index in [1.807, 2.05) is 36.2 Å². The fraction of sp³-hybridized carbons (Fsp3) is 0.611. The number of benzene rings is 1. The summed E-state index contributed by atoms with van der Waals surface area (Å²) in [4.78, 5) is 17.0. The maximum absolute atomic E-state index is 12.9. The zero-order chi connectivity index (χ0) is 17.3. The number of carbonyl (C=O) groups is 1. The van der Waals surface area contributed by atoms with Crippen LogP contribution in [0.5, 0.6) is 0 Å². The van der Waals surface area contributed by atoms with Crippen LogP contribution in [0.15, 0.2) is 28.7 Å². The van der Waals surface area contributed by atoms with E-state index in [4.69, 9.17) is 9.47 Å². The summed E-state index contributed by atoms with van der Waals surface area (Å²) in [5.41, 5.74) is 0.700. The first-order chi connectivity index (χ1) is 11.4. The highest BCUT2D eigenvalue weighted by atomic mass is 79.9. The molecular weight excluding hydrogens is 372 g/mol. The third-order valence-electron chi connectivity index (χ3n) is 5.17. The Hall–Kier alpha value is -0.950. The van der Waals surface area contributed by atoms with Crippen LogP contribution in [0.4, 0.5) is 0 Å². The summed E-state index contributed by atoms with van der Waals surface area (Å²) >= 11 is 3.41. The highest BCUT2D eigenvalue weighted by molar-refractivity contribution is 9.10. The molecule has 0 N–H and O–H groups in total. The number of likely N-dealkylation sites (N-methyl/N-ethyl adjacent to an activating group) is 2. The van der Waals surface area contributed by atoms with Crippen molar-refractivity contribution in [2.75, 3.05) is 34.4 Å². The molecule has 1 spiro atoms. The van der Waals surface area contributed by atoms with Crippen LogP contribution < -0.4 is 0 Å². The van der Waals surface area contributed by atoms with Gasteiger partial charge in [-0.05, 0) is 44.8 Å². The molecule has 1 saturated carbocycles. The van der Waals surface area contributed by atoms with Gasteiger partial charge in [-0.1, -0.05) is 15.9 Å². The van der Waals surface area contributed by atoms with Crippen molar-refractivity contribution in [3.63, 3.8) is 0 Å². The third-order valence-corrected chi connectivity index (χ3v) is 5.70. The quantitative estimate of drug-likeness (QED) is 0.787. The summed E-state index contributed by atoms with van der Waals surface area (Å²) in [6.45, 7) is 1.29. The van der Waals surface area contributed by atoms with Crippen LogP contribution in [0.1, 0.15) is 29.6 Å². The van der Waals surface area contributed by atoms with Crippen molar-refractivity contribution in [3.8, 4) is 0 Å². The van der Waals surface area contributed by atoms with Gasteiger partial charge in [0, 0.05) is 36.0 Å². The molecule has 24 heavy (non-hydrogen) atoms. The van der Waals surface area contributed by atoms with Crippen molar-refractivity contribution in [1.82, 2.24) is 9.80 Å². The molecule has 1 aliphatic carbocycles. The smallest absolute Gasteiger partial charge is 0.253 e. The van der Waals surface area contributed by atoms with Crippen molar-refractivity contribution >= 4 is 21.8 Å². The fourth-order valence-electron chi connectivity index (χ4n) is 3.82. The molecule has 2 unspecified atom stereocenters. The predicted molar refractivity (Wildman–Crippen MR) is 96.0 cm³/mol. The number of ether oxygens (including phenoxy) is 2. The number of nitrogens with zero attached hydrogens (tertiary/aromatic N) is 2. The average molecular weight is 397 g/mol. The number of amides is 1. The Morgan fingerprint density at radius 2 is 1.75 bits per heavy atom. The Kier molecular flexibility index (Phi) is 5.30. The normalized spacial score (nSPS) is 26.0. The second kappa shape index (κ2) is 7.12. The van der Waals surface area contributed by atoms with Crippen LogP contribution in [0.3, 0.4) is 0 Å². The molecule has 2 atom stereocenters. The minimum Gasteiger partial charge on any atom is -0.347 e. The van der Waals surface area contributed by atoms with E-state index in [9.17, 15) is 4.79 Å². The minimum absolute atomic E-state index is 0.0365. The Balaban J connectivity index is 1.81. The summed E-state index contributed by atoms with van der Waals surface area (Å²) in [5.74, 6) is -0.472. The van der Waals surface area contributed by atoms with Crippen LogP contribution in [-0.4, -0.2) is 67.9 Å². The van der Waals surface area contributed by atoms with Gasteiger partial charge in [-0.25, -0.2) is 0 Å². The lowest BCUT2D eigenvalue weighted by Crippen LogP contribution is -2.57. The molecule has 1 aliphatic heterocycles. The lowest BCUT2D eigenvalue weighted by atomic mass is 9.84. The summed E-state index contributed by atoms with van der Waals surface area (Å²) < 4.78 is 12.8. The number of hydrogen-bond donors (Lipinski definition) is 0. The first kappa shape index (κ1) is 17.9.